The van der Waals surface area contributed by atoms with Gasteiger partial charge in [-0.05, 0) is 49.8 Å². The van der Waals surface area contributed by atoms with Gasteiger partial charge < -0.3 is 9.42 Å². The molecule has 0 N–H and O–H groups in total. The molecule has 0 amide bonds. The molecule has 3 rings (SSSR count). The summed E-state index contributed by atoms with van der Waals surface area (Å²) in [6, 6.07) is 4.61. The molecule has 24 heavy (non-hydrogen) atoms. The minimum Gasteiger partial charge on any atom is -0.344 e. The number of aromatic nitrogens is 3. The Labute approximate surface area is 143 Å². The van der Waals surface area contributed by atoms with Gasteiger partial charge in [-0.2, -0.15) is 4.98 Å². The highest BCUT2D eigenvalue weighted by molar-refractivity contribution is 5.23. The molecular weight excluding hydrogens is 304 g/mol. The number of nitrogens with zero attached hydrogens (tertiary/aromatic N) is 6. The Kier molecular flexibility index (Phi) is 5.11. The van der Waals surface area contributed by atoms with Crippen LogP contribution in [0.4, 0.5) is 5.95 Å². The highest BCUT2D eigenvalue weighted by Gasteiger charge is 2.33. The number of hydrogen-bond acceptors (Lipinski definition) is 7. The molecular formula is C17H26N6O. The van der Waals surface area contributed by atoms with Gasteiger partial charge >= 0.3 is 0 Å². The van der Waals surface area contributed by atoms with Gasteiger partial charge in [0.05, 0.1) is 6.54 Å². The summed E-state index contributed by atoms with van der Waals surface area (Å²) in [5.74, 6) is 1.85. The maximum Gasteiger partial charge on any atom is 0.265 e. The van der Waals surface area contributed by atoms with Crippen molar-refractivity contribution in [3.8, 4) is 0 Å². The van der Waals surface area contributed by atoms with Crippen LogP contribution in [0.25, 0.3) is 0 Å². The van der Waals surface area contributed by atoms with Crippen molar-refractivity contribution >= 4 is 5.95 Å². The zero-order valence-corrected chi connectivity index (χ0v) is 14.9. The van der Waals surface area contributed by atoms with Crippen LogP contribution in [-0.4, -0.2) is 66.2 Å². The number of likely N-dealkylation sites (tertiary alicyclic amines) is 1. The average molecular weight is 330 g/mol. The van der Waals surface area contributed by atoms with Gasteiger partial charge in [-0.15, -0.1) is 0 Å². The molecule has 2 aromatic heterocycles. The predicted octanol–water partition coefficient (Wildman–Crippen LogP) is 1.66. The number of pyridine rings is 1. The van der Waals surface area contributed by atoms with E-state index in [4.69, 9.17) is 4.52 Å². The first-order chi connectivity index (χ1) is 11.5. The van der Waals surface area contributed by atoms with Crippen molar-refractivity contribution in [1.29, 1.82) is 0 Å². The molecule has 0 unspecified atom stereocenters. The van der Waals surface area contributed by atoms with E-state index in [1.807, 2.05) is 37.5 Å². The molecule has 1 aliphatic rings. The van der Waals surface area contributed by atoms with Gasteiger partial charge in [0.2, 0.25) is 5.89 Å². The van der Waals surface area contributed by atoms with Crippen molar-refractivity contribution in [2.75, 3.05) is 46.2 Å². The largest absolute Gasteiger partial charge is 0.344 e. The van der Waals surface area contributed by atoms with Gasteiger partial charge in [0, 0.05) is 39.1 Å². The van der Waals surface area contributed by atoms with Gasteiger partial charge in [-0.1, -0.05) is 6.07 Å². The van der Waals surface area contributed by atoms with Crippen LogP contribution in [0.3, 0.4) is 0 Å². The molecule has 0 aromatic carbocycles. The topological polar surface area (TPSA) is 61.5 Å². The van der Waals surface area contributed by atoms with Crippen molar-refractivity contribution in [1.82, 2.24) is 24.9 Å². The van der Waals surface area contributed by atoms with Crippen LogP contribution in [0.15, 0.2) is 29.0 Å². The summed E-state index contributed by atoms with van der Waals surface area (Å²) in [5, 5.41) is 3.97. The minimum absolute atomic E-state index is 0.418. The Morgan fingerprint density at radius 2 is 2.17 bits per heavy atom. The fraction of sp³-hybridized carbons (Fsp3) is 0.588. The SMILES string of the molecule is CN(Cc1nc(N(C)C)no1)C[C@@H]1CCN(C)[C@H]1c1cccnc1. The second-order valence-corrected chi connectivity index (χ2v) is 6.84. The summed E-state index contributed by atoms with van der Waals surface area (Å²) in [7, 11) is 8.12. The van der Waals surface area contributed by atoms with Crippen molar-refractivity contribution in [2.24, 2.45) is 5.92 Å². The third-order valence-electron chi connectivity index (χ3n) is 4.61. The third kappa shape index (κ3) is 3.73. The highest BCUT2D eigenvalue weighted by atomic mass is 16.5. The van der Waals surface area contributed by atoms with Gasteiger partial charge in [-0.3, -0.25) is 14.8 Å². The fourth-order valence-corrected chi connectivity index (χ4v) is 3.48. The molecule has 1 saturated heterocycles. The van der Waals surface area contributed by atoms with E-state index in [-0.39, 0.29) is 0 Å². The van der Waals surface area contributed by atoms with Gasteiger partial charge in [0.1, 0.15) is 0 Å². The maximum absolute atomic E-state index is 5.33. The third-order valence-corrected chi connectivity index (χ3v) is 4.61. The summed E-state index contributed by atoms with van der Waals surface area (Å²) < 4.78 is 5.33. The van der Waals surface area contributed by atoms with Crippen LogP contribution < -0.4 is 4.90 Å². The minimum atomic E-state index is 0.418. The van der Waals surface area contributed by atoms with E-state index in [1.165, 1.54) is 12.0 Å². The summed E-state index contributed by atoms with van der Waals surface area (Å²) in [6.07, 6.45) is 5.01. The highest BCUT2D eigenvalue weighted by Crippen LogP contribution is 2.36. The molecule has 0 spiro atoms. The standard InChI is InChI=1S/C17H26N6O/c1-21(2)17-19-15(24-20-17)12-22(3)11-14-7-9-23(4)16(14)13-6-5-8-18-10-13/h5-6,8,10,14,16H,7,9,11-12H2,1-4H3/t14-,16-/m0/s1. The molecule has 1 fully saturated rings. The zero-order chi connectivity index (χ0) is 17.1. The molecule has 0 bridgehead atoms. The molecule has 0 radical (unpaired) electrons. The van der Waals surface area contributed by atoms with Crippen molar-refractivity contribution in [3.05, 3.63) is 36.0 Å². The van der Waals surface area contributed by atoms with Crippen LogP contribution in [-0.2, 0) is 6.54 Å². The second-order valence-electron chi connectivity index (χ2n) is 6.84. The smallest absolute Gasteiger partial charge is 0.265 e. The van der Waals surface area contributed by atoms with Crippen molar-refractivity contribution < 1.29 is 4.52 Å². The van der Waals surface area contributed by atoms with Crippen LogP contribution in [0, 0.1) is 5.92 Å². The van der Waals surface area contributed by atoms with Crippen molar-refractivity contribution in [2.45, 2.75) is 19.0 Å². The molecule has 7 heteroatoms. The normalized spacial score (nSPS) is 21.5. The van der Waals surface area contributed by atoms with Gasteiger partial charge in [0.25, 0.3) is 5.95 Å². The van der Waals surface area contributed by atoms with E-state index >= 15 is 0 Å². The lowest BCUT2D eigenvalue weighted by Gasteiger charge is -2.28. The molecule has 0 aliphatic carbocycles. The number of rotatable bonds is 6. The fourth-order valence-electron chi connectivity index (χ4n) is 3.48. The molecule has 0 saturated carbocycles. The predicted molar refractivity (Wildman–Crippen MR) is 92.7 cm³/mol. The Morgan fingerprint density at radius 1 is 1.33 bits per heavy atom. The van der Waals surface area contributed by atoms with Crippen LogP contribution in [0.5, 0.6) is 0 Å². The Hall–Kier alpha value is -1.99. The van der Waals surface area contributed by atoms with Gasteiger partial charge in [0.15, 0.2) is 0 Å². The summed E-state index contributed by atoms with van der Waals surface area (Å²) in [6.45, 7) is 2.77. The first-order valence-corrected chi connectivity index (χ1v) is 8.33. The summed E-state index contributed by atoms with van der Waals surface area (Å²) in [4.78, 5) is 15.2. The van der Waals surface area contributed by atoms with Gasteiger partial charge in [-0.25, -0.2) is 0 Å². The molecule has 2 atom stereocenters. The molecule has 7 nitrogen and oxygen atoms in total. The number of anilines is 1. The lowest BCUT2D eigenvalue weighted by atomic mass is 9.94. The van der Waals surface area contributed by atoms with Crippen LogP contribution >= 0.6 is 0 Å². The van der Waals surface area contributed by atoms with E-state index in [1.54, 1.807) is 0 Å². The van der Waals surface area contributed by atoms with Crippen molar-refractivity contribution in [3.63, 3.8) is 0 Å². The van der Waals surface area contributed by atoms with E-state index < -0.39 is 0 Å². The lowest BCUT2D eigenvalue weighted by molar-refractivity contribution is 0.197. The quantitative estimate of drug-likeness (QED) is 0.798. The zero-order valence-electron chi connectivity index (χ0n) is 14.9. The monoisotopic (exact) mass is 330 g/mol. The summed E-state index contributed by atoms with van der Waals surface area (Å²) >= 11 is 0. The van der Waals surface area contributed by atoms with Crippen LogP contribution in [0.1, 0.15) is 23.9 Å². The Balaban J connectivity index is 1.63. The lowest BCUT2D eigenvalue weighted by Crippen LogP contribution is -2.30. The molecule has 130 valence electrons. The van der Waals surface area contributed by atoms with E-state index in [2.05, 4.69) is 45.1 Å². The first kappa shape index (κ1) is 16.9. The summed E-state index contributed by atoms with van der Waals surface area (Å²) in [5.41, 5.74) is 1.29. The maximum atomic E-state index is 5.33. The Bertz CT molecular complexity index is 644. The Morgan fingerprint density at radius 3 is 2.83 bits per heavy atom. The number of hydrogen-bond donors (Lipinski definition) is 0. The van der Waals surface area contributed by atoms with E-state index in [0.717, 1.165) is 13.1 Å². The average Bonchev–Trinajstić information content (AvgIpc) is 3.15. The van der Waals surface area contributed by atoms with E-state index in [9.17, 15) is 0 Å². The molecule has 2 aromatic rings. The van der Waals surface area contributed by atoms with Crippen LogP contribution in [0.2, 0.25) is 0 Å². The first-order valence-electron chi connectivity index (χ1n) is 8.33. The second kappa shape index (κ2) is 7.27. The molecule has 3 heterocycles. The van der Waals surface area contributed by atoms with E-state index in [0.29, 0.717) is 30.3 Å². The molecule has 1 aliphatic heterocycles.